The molecule has 138 valence electrons. The standard InChI is InChI=1S/C21H23NO3.ClH/c1-22(2)11-5-8-18-17-7-4-3-6-16(17)14-25-20-10-9-15(12-19(18)20)13-21(23)24;/h3-10,12,18H,11,13-14H2,1-2H3,(H,23,24);1H/b8-5-;. The van der Waals surface area contributed by atoms with Gasteiger partial charge in [0, 0.05) is 18.0 Å². The van der Waals surface area contributed by atoms with E-state index >= 15 is 0 Å². The Kier molecular flexibility index (Phi) is 6.83. The van der Waals surface area contributed by atoms with E-state index in [0.29, 0.717) is 6.61 Å². The molecule has 0 bridgehead atoms. The van der Waals surface area contributed by atoms with Crippen LogP contribution in [0.2, 0.25) is 0 Å². The third-order valence-electron chi connectivity index (χ3n) is 4.34. The predicted molar refractivity (Wildman–Crippen MR) is 105 cm³/mol. The number of likely N-dealkylation sites (N-methyl/N-ethyl adjacent to an activating group) is 1. The number of aliphatic carboxylic acids is 1. The second-order valence-electron chi connectivity index (χ2n) is 6.60. The molecular formula is C21H24ClNO3. The molecule has 1 atom stereocenters. The average molecular weight is 374 g/mol. The Morgan fingerprint density at radius 3 is 2.73 bits per heavy atom. The van der Waals surface area contributed by atoms with E-state index in [1.165, 1.54) is 5.56 Å². The van der Waals surface area contributed by atoms with Gasteiger partial charge in [0.2, 0.25) is 0 Å². The smallest absolute Gasteiger partial charge is 0.307 e. The molecule has 26 heavy (non-hydrogen) atoms. The number of carboxylic acids is 1. The largest absolute Gasteiger partial charge is 0.489 e. The van der Waals surface area contributed by atoms with Crippen LogP contribution in [-0.4, -0.2) is 36.6 Å². The number of carboxylic acid groups (broad SMARTS) is 1. The molecule has 1 unspecified atom stereocenters. The number of fused-ring (bicyclic) bond motifs is 2. The first-order valence-electron chi connectivity index (χ1n) is 8.41. The van der Waals surface area contributed by atoms with Crippen LogP contribution in [0.4, 0.5) is 0 Å². The number of rotatable bonds is 5. The van der Waals surface area contributed by atoms with Gasteiger partial charge in [-0.3, -0.25) is 4.79 Å². The highest BCUT2D eigenvalue weighted by Gasteiger charge is 2.23. The first-order valence-corrected chi connectivity index (χ1v) is 8.41. The van der Waals surface area contributed by atoms with Crippen LogP contribution in [0.15, 0.2) is 54.6 Å². The summed E-state index contributed by atoms with van der Waals surface area (Å²) in [6.45, 7) is 1.38. The van der Waals surface area contributed by atoms with Crippen LogP contribution in [0.5, 0.6) is 5.75 Å². The molecule has 1 aliphatic rings. The van der Waals surface area contributed by atoms with Crippen LogP contribution in [-0.2, 0) is 17.8 Å². The third-order valence-corrected chi connectivity index (χ3v) is 4.34. The Morgan fingerprint density at radius 2 is 2.00 bits per heavy atom. The Balaban J connectivity index is 0.00000243. The Morgan fingerprint density at radius 1 is 1.23 bits per heavy atom. The minimum atomic E-state index is -0.824. The number of nitrogens with zero attached hydrogens (tertiary/aromatic N) is 1. The molecule has 2 aromatic carbocycles. The first-order chi connectivity index (χ1) is 12.0. The number of halogens is 1. The van der Waals surface area contributed by atoms with Crippen molar-refractivity contribution in [2.75, 3.05) is 20.6 Å². The molecule has 0 spiro atoms. The summed E-state index contributed by atoms with van der Waals surface area (Å²) in [7, 11) is 4.07. The zero-order valence-electron chi connectivity index (χ0n) is 15.0. The molecule has 0 aliphatic carbocycles. The maximum absolute atomic E-state index is 11.1. The van der Waals surface area contributed by atoms with Crippen LogP contribution in [0.25, 0.3) is 0 Å². The minimum absolute atomic E-state index is 0. The topological polar surface area (TPSA) is 49.8 Å². The van der Waals surface area contributed by atoms with Gasteiger partial charge in [-0.15, -0.1) is 12.4 Å². The number of benzene rings is 2. The molecule has 5 heteroatoms. The van der Waals surface area contributed by atoms with Gasteiger partial charge in [0.25, 0.3) is 0 Å². The Bertz CT molecular complexity index is 802. The summed E-state index contributed by atoms with van der Waals surface area (Å²) in [5.41, 5.74) is 4.20. The van der Waals surface area contributed by atoms with Gasteiger partial charge in [0.05, 0.1) is 6.42 Å². The lowest BCUT2D eigenvalue weighted by Gasteiger charge is -2.17. The average Bonchev–Trinajstić information content (AvgIpc) is 2.72. The van der Waals surface area contributed by atoms with Gasteiger partial charge < -0.3 is 14.7 Å². The fraction of sp³-hybridized carbons (Fsp3) is 0.286. The van der Waals surface area contributed by atoms with E-state index in [0.717, 1.165) is 29.0 Å². The lowest BCUT2D eigenvalue weighted by Crippen LogP contribution is -2.11. The van der Waals surface area contributed by atoms with Crippen molar-refractivity contribution in [3.05, 3.63) is 76.9 Å². The van der Waals surface area contributed by atoms with Gasteiger partial charge in [-0.25, -0.2) is 0 Å². The molecule has 2 aromatic rings. The van der Waals surface area contributed by atoms with E-state index in [1.54, 1.807) is 0 Å². The van der Waals surface area contributed by atoms with Gasteiger partial charge in [-0.1, -0.05) is 48.6 Å². The van der Waals surface area contributed by atoms with Gasteiger partial charge in [-0.05, 0) is 36.9 Å². The molecule has 1 aliphatic heterocycles. The van der Waals surface area contributed by atoms with Crippen molar-refractivity contribution < 1.29 is 14.6 Å². The summed E-state index contributed by atoms with van der Waals surface area (Å²) < 4.78 is 6.00. The molecule has 3 rings (SSSR count). The summed E-state index contributed by atoms with van der Waals surface area (Å²) in [6, 6.07) is 14.0. The number of hydrogen-bond donors (Lipinski definition) is 1. The minimum Gasteiger partial charge on any atom is -0.489 e. The predicted octanol–water partition coefficient (Wildman–Crippen LogP) is 3.88. The van der Waals surface area contributed by atoms with E-state index < -0.39 is 5.97 Å². The van der Waals surface area contributed by atoms with Crippen LogP contribution in [0.3, 0.4) is 0 Å². The van der Waals surface area contributed by atoms with E-state index in [9.17, 15) is 4.79 Å². The maximum Gasteiger partial charge on any atom is 0.307 e. The summed E-state index contributed by atoms with van der Waals surface area (Å²) in [5, 5.41) is 9.10. The summed E-state index contributed by atoms with van der Waals surface area (Å²) in [4.78, 5) is 13.2. The molecule has 4 nitrogen and oxygen atoms in total. The van der Waals surface area contributed by atoms with Gasteiger partial charge in [-0.2, -0.15) is 0 Å². The summed E-state index contributed by atoms with van der Waals surface area (Å²) in [6.07, 6.45) is 4.36. The van der Waals surface area contributed by atoms with Gasteiger partial charge in [0.1, 0.15) is 12.4 Å². The van der Waals surface area contributed by atoms with Gasteiger partial charge in [0.15, 0.2) is 0 Å². The Labute approximate surface area is 160 Å². The molecule has 0 radical (unpaired) electrons. The number of ether oxygens (including phenoxy) is 1. The molecule has 0 fully saturated rings. The summed E-state index contributed by atoms with van der Waals surface area (Å²) >= 11 is 0. The van der Waals surface area contributed by atoms with Crippen molar-refractivity contribution in [3.63, 3.8) is 0 Å². The highest BCUT2D eigenvalue weighted by atomic mass is 35.5. The quantitative estimate of drug-likeness (QED) is 0.808. The lowest BCUT2D eigenvalue weighted by molar-refractivity contribution is -0.136. The van der Waals surface area contributed by atoms with Crippen molar-refractivity contribution in [3.8, 4) is 5.75 Å². The van der Waals surface area contributed by atoms with E-state index in [2.05, 4.69) is 29.2 Å². The normalized spacial score (nSPS) is 15.6. The zero-order valence-corrected chi connectivity index (χ0v) is 15.8. The third kappa shape index (κ3) is 4.65. The van der Waals surface area contributed by atoms with Crippen molar-refractivity contribution in [1.82, 2.24) is 4.90 Å². The van der Waals surface area contributed by atoms with Crippen molar-refractivity contribution >= 4 is 18.4 Å². The highest BCUT2D eigenvalue weighted by Crippen LogP contribution is 2.38. The number of allylic oxidation sites excluding steroid dienone is 1. The molecule has 0 saturated heterocycles. The molecule has 0 aromatic heterocycles. The Hall–Kier alpha value is -2.30. The SMILES string of the molecule is CN(C)C/C=C\C1c2ccccc2COc2ccc(CC(=O)O)cc21.Cl. The molecule has 0 saturated carbocycles. The highest BCUT2D eigenvalue weighted by molar-refractivity contribution is 5.85. The molecule has 0 amide bonds. The van der Waals surface area contributed by atoms with E-state index in [1.807, 2.05) is 44.4 Å². The summed E-state index contributed by atoms with van der Waals surface area (Å²) in [5.74, 6) is 0.0572. The molecule has 1 heterocycles. The van der Waals surface area contributed by atoms with Crippen molar-refractivity contribution in [2.45, 2.75) is 18.9 Å². The monoisotopic (exact) mass is 373 g/mol. The lowest BCUT2D eigenvalue weighted by atomic mass is 9.87. The van der Waals surface area contributed by atoms with Crippen LogP contribution >= 0.6 is 12.4 Å². The van der Waals surface area contributed by atoms with Gasteiger partial charge >= 0.3 is 5.97 Å². The van der Waals surface area contributed by atoms with Crippen LogP contribution < -0.4 is 4.74 Å². The second-order valence-corrected chi connectivity index (χ2v) is 6.60. The fourth-order valence-corrected chi connectivity index (χ4v) is 3.16. The maximum atomic E-state index is 11.1. The van der Waals surface area contributed by atoms with E-state index in [4.69, 9.17) is 9.84 Å². The second kappa shape index (κ2) is 8.88. The van der Waals surface area contributed by atoms with E-state index in [-0.39, 0.29) is 24.7 Å². The van der Waals surface area contributed by atoms with Crippen molar-refractivity contribution in [1.29, 1.82) is 0 Å². The first kappa shape index (κ1) is 20.0. The molecule has 1 N–H and O–H groups in total. The van der Waals surface area contributed by atoms with Crippen molar-refractivity contribution in [2.24, 2.45) is 0 Å². The number of hydrogen-bond acceptors (Lipinski definition) is 3. The zero-order chi connectivity index (χ0) is 17.8. The fourth-order valence-electron chi connectivity index (χ4n) is 3.16. The van der Waals surface area contributed by atoms with Crippen LogP contribution in [0.1, 0.15) is 28.2 Å². The molecular weight excluding hydrogens is 350 g/mol. The number of carbonyl (C=O) groups is 1. The van der Waals surface area contributed by atoms with Crippen LogP contribution in [0, 0.1) is 0 Å².